The second-order valence-electron chi connectivity index (χ2n) is 4.35. The van der Waals surface area contributed by atoms with E-state index in [-0.39, 0.29) is 0 Å². The molecule has 1 aromatic carbocycles. The number of aryl methyl sites for hydroxylation is 1. The Morgan fingerprint density at radius 1 is 1.28 bits per heavy atom. The number of hydrogen-bond donors (Lipinski definition) is 1. The zero-order valence-electron chi connectivity index (χ0n) is 10.2. The maximum atomic E-state index is 5.93. The lowest BCUT2D eigenvalue weighted by molar-refractivity contribution is 0.171. The van der Waals surface area contributed by atoms with E-state index in [1.807, 2.05) is 25.1 Å². The average molecular weight is 245 g/mol. The van der Waals surface area contributed by atoms with Crippen molar-refractivity contribution in [2.24, 2.45) is 0 Å². The molecule has 0 atom stereocenters. The standard InChI is InChI=1S/C13H15N3O2/c1-9-7-15-16(13(9)14)8-10-2-3-11-12(6-10)18-5-4-17-11/h2-3,6-7H,4-5,8,14H2,1H3. The number of nitrogens with two attached hydrogens (primary N) is 1. The minimum Gasteiger partial charge on any atom is -0.486 e. The minimum absolute atomic E-state index is 0.597. The molecule has 1 aliphatic heterocycles. The van der Waals surface area contributed by atoms with Gasteiger partial charge in [-0.15, -0.1) is 0 Å². The van der Waals surface area contributed by atoms with E-state index in [0.717, 1.165) is 22.6 Å². The molecule has 18 heavy (non-hydrogen) atoms. The highest BCUT2D eigenvalue weighted by Crippen LogP contribution is 2.31. The smallest absolute Gasteiger partial charge is 0.161 e. The quantitative estimate of drug-likeness (QED) is 0.872. The highest BCUT2D eigenvalue weighted by molar-refractivity contribution is 5.44. The Balaban J connectivity index is 1.87. The van der Waals surface area contributed by atoms with Crippen LogP contribution in [0.1, 0.15) is 11.1 Å². The predicted molar refractivity (Wildman–Crippen MR) is 67.9 cm³/mol. The Morgan fingerprint density at radius 2 is 2.06 bits per heavy atom. The first kappa shape index (κ1) is 11.0. The summed E-state index contributed by atoms with van der Waals surface area (Å²) >= 11 is 0. The molecule has 3 rings (SSSR count). The van der Waals surface area contributed by atoms with Crippen LogP contribution in [0.3, 0.4) is 0 Å². The van der Waals surface area contributed by atoms with Crippen LogP contribution < -0.4 is 15.2 Å². The monoisotopic (exact) mass is 245 g/mol. The molecule has 2 N–H and O–H groups in total. The lowest BCUT2D eigenvalue weighted by Crippen LogP contribution is -2.15. The number of aromatic nitrogens is 2. The maximum Gasteiger partial charge on any atom is 0.161 e. The number of anilines is 1. The van der Waals surface area contributed by atoms with E-state index in [4.69, 9.17) is 15.2 Å². The topological polar surface area (TPSA) is 62.3 Å². The fraction of sp³-hybridized carbons (Fsp3) is 0.308. The molecule has 0 saturated carbocycles. The molecular formula is C13H15N3O2. The highest BCUT2D eigenvalue weighted by Gasteiger charge is 2.12. The number of rotatable bonds is 2. The van der Waals surface area contributed by atoms with Crippen LogP contribution >= 0.6 is 0 Å². The van der Waals surface area contributed by atoms with Crippen LogP contribution in [0.5, 0.6) is 11.5 Å². The van der Waals surface area contributed by atoms with Gasteiger partial charge in [-0.3, -0.25) is 0 Å². The summed E-state index contributed by atoms with van der Waals surface area (Å²) in [5, 5.41) is 4.24. The average Bonchev–Trinajstić information content (AvgIpc) is 2.71. The summed E-state index contributed by atoms with van der Waals surface area (Å²) in [6.45, 7) is 3.79. The summed E-state index contributed by atoms with van der Waals surface area (Å²) in [7, 11) is 0. The lowest BCUT2D eigenvalue weighted by atomic mass is 10.2. The van der Waals surface area contributed by atoms with Gasteiger partial charge in [0.05, 0.1) is 12.7 Å². The first-order chi connectivity index (χ1) is 8.74. The molecule has 0 amide bonds. The van der Waals surface area contributed by atoms with Gasteiger partial charge in [-0.25, -0.2) is 4.68 Å². The van der Waals surface area contributed by atoms with Crippen LogP contribution in [0.4, 0.5) is 5.82 Å². The van der Waals surface area contributed by atoms with Crippen molar-refractivity contribution in [3.05, 3.63) is 35.5 Å². The number of nitrogen functional groups attached to an aromatic ring is 1. The van der Waals surface area contributed by atoms with Gasteiger partial charge in [0, 0.05) is 5.56 Å². The van der Waals surface area contributed by atoms with E-state index < -0.39 is 0 Å². The van der Waals surface area contributed by atoms with E-state index in [1.165, 1.54) is 0 Å². The minimum atomic E-state index is 0.597. The molecule has 1 aliphatic rings. The van der Waals surface area contributed by atoms with E-state index in [0.29, 0.717) is 25.6 Å². The van der Waals surface area contributed by atoms with Crippen LogP contribution in [-0.4, -0.2) is 23.0 Å². The molecule has 5 nitrogen and oxygen atoms in total. The zero-order valence-corrected chi connectivity index (χ0v) is 10.2. The maximum absolute atomic E-state index is 5.93. The third kappa shape index (κ3) is 1.88. The molecule has 0 radical (unpaired) electrons. The molecular weight excluding hydrogens is 230 g/mol. The SMILES string of the molecule is Cc1cnn(Cc2ccc3c(c2)OCCO3)c1N. The predicted octanol–water partition coefficient (Wildman–Crippen LogP) is 1.59. The largest absolute Gasteiger partial charge is 0.486 e. The van der Waals surface area contributed by atoms with Gasteiger partial charge in [-0.2, -0.15) is 5.10 Å². The Morgan fingerprint density at radius 3 is 2.78 bits per heavy atom. The van der Waals surface area contributed by atoms with Crippen molar-refractivity contribution in [1.82, 2.24) is 9.78 Å². The second kappa shape index (κ2) is 4.25. The van der Waals surface area contributed by atoms with E-state index in [2.05, 4.69) is 5.10 Å². The third-order valence-corrected chi connectivity index (χ3v) is 3.01. The Hall–Kier alpha value is -2.17. The van der Waals surface area contributed by atoms with Crippen molar-refractivity contribution < 1.29 is 9.47 Å². The Bertz CT molecular complexity index is 578. The molecule has 94 valence electrons. The summed E-state index contributed by atoms with van der Waals surface area (Å²) in [6, 6.07) is 5.91. The van der Waals surface area contributed by atoms with Crippen LogP contribution in [0.15, 0.2) is 24.4 Å². The summed E-state index contributed by atoms with van der Waals surface area (Å²) in [4.78, 5) is 0. The molecule has 2 aromatic rings. The summed E-state index contributed by atoms with van der Waals surface area (Å²) < 4.78 is 12.8. The fourth-order valence-corrected chi connectivity index (χ4v) is 1.97. The third-order valence-electron chi connectivity index (χ3n) is 3.01. The number of nitrogens with zero attached hydrogens (tertiary/aromatic N) is 2. The van der Waals surface area contributed by atoms with Crippen molar-refractivity contribution >= 4 is 5.82 Å². The van der Waals surface area contributed by atoms with Crippen LogP contribution in [0.25, 0.3) is 0 Å². The van der Waals surface area contributed by atoms with Gasteiger partial charge < -0.3 is 15.2 Å². The van der Waals surface area contributed by atoms with Crippen molar-refractivity contribution in [2.75, 3.05) is 18.9 Å². The van der Waals surface area contributed by atoms with E-state index in [9.17, 15) is 0 Å². The van der Waals surface area contributed by atoms with Gasteiger partial charge in [0.2, 0.25) is 0 Å². The van der Waals surface area contributed by atoms with Crippen molar-refractivity contribution in [1.29, 1.82) is 0 Å². The molecule has 0 bridgehead atoms. The van der Waals surface area contributed by atoms with Crippen molar-refractivity contribution in [2.45, 2.75) is 13.5 Å². The molecule has 5 heteroatoms. The van der Waals surface area contributed by atoms with Gasteiger partial charge in [0.15, 0.2) is 11.5 Å². The molecule has 0 spiro atoms. The van der Waals surface area contributed by atoms with Gasteiger partial charge in [-0.1, -0.05) is 6.07 Å². The summed E-state index contributed by atoms with van der Waals surface area (Å²) in [6.07, 6.45) is 1.77. The Kier molecular flexibility index (Phi) is 2.59. The first-order valence-corrected chi connectivity index (χ1v) is 5.90. The molecule has 0 fully saturated rings. The van der Waals surface area contributed by atoms with Gasteiger partial charge in [-0.05, 0) is 24.6 Å². The number of hydrogen-bond acceptors (Lipinski definition) is 4. The number of ether oxygens (including phenoxy) is 2. The molecule has 0 saturated heterocycles. The van der Waals surface area contributed by atoms with Crippen molar-refractivity contribution in [3.63, 3.8) is 0 Å². The van der Waals surface area contributed by atoms with Crippen molar-refractivity contribution in [3.8, 4) is 11.5 Å². The summed E-state index contributed by atoms with van der Waals surface area (Å²) in [5.74, 6) is 2.29. The number of fused-ring (bicyclic) bond motifs is 1. The second-order valence-corrected chi connectivity index (χ2v) is 4.35. The molecule has 1 aromatic heterocycles. The van der Waals surface area contributed by atoms with Gasteiger partial charge in [0.1, 0.15) is 19.0 Å². The highest BCUT2D eigenvalue weighted by atomic mass is 16.6. The van der Waals surface area contributed by atoms with Crippen LogP contribution in [0, 0.1) is 6.92 Å². The first-order valence-electron chi connectivity index (χ1n) is 5.90. The lowest BCUT2D eigenvalue weighted by Gasteiger charge is -2.19. The summed E-state index contributed by atoms with van der Waals surface area (Å²) in [5.41, 5.74) is 8.02. The normalized spacial score (nSPS) is 13.6. The molecule has 0 unspecified atom stereocenters. The van der Waals surface area contributed by atoms with E-state index in [1.54, 1.807) is 10.9 Å². The fourth-order valence-electron chi connectivity index (χ4n) is 1.97. The van der Waals surface area contributed by atoms with E-state index >= 15 is 0 Å². The van der Waals surface area contributed by atoms with Gasteiger partial charge >= 0.3 is 0 Å². The van der Waals surface area contributed by atoms with Crippen LogP contribution in [0.2, 0.25) is 0 Å². The van der Waals surface area contributed by atoms with Crippen LogP contribution in [-0.2, 0) is 6.54 Å². The zero-order chi connectivity index (χ0) is 12.5. The Labute approximate surface area is 105 Å². The number of benzene rings is 1. The molecule has 0 aliphatic carbocycles. The molecule has 2 heterocycles. The van der Waals surface area contributed by atoms with Gasteiger partial charge in [0.25, 0.3) is 0 Å².